The highest BCUT2D eigenvalue weighted by molar-refractivity contribution is 9.10. The Labute approximate surface area is 205 Å². The van der Waals surface area contributed by atoms with Gasteiger partial charge in [0.05, 0.1) is 11.3 Å². The molecule has 8 nitrogen and oxygen atoms in total. The van der Waals surface area contributed by atoms with Crippen molar-refractivity contribution in [3.05, 3.63) is 93.9 Å². The maximum Gasteiger partial charge on any atom is 0.419 e. The van der Waals surface area contributed by atoms with Gasteiger partial charge in [-0.15, -0.1) is 10.2 Å². The second-order valence-corrected chi connectivity index (χ2v) is 8.29. The predicted octanol–water partition coefficient (Wildman–Crippen LogP) is 5.25. The number of pyridine rings is 1. The summed E-state index contributed by atoms with van der Waals surface area (Å²) in [5.41, 5.74) is 4.01. The van der Waals surface area contributed by atoms with Crippen LogP contribution < -0.4 is 11.1 Å². The highest BCUT2D eigenvalue weighted by Gasteiger charge is 2.42. The van der Waals surface area contributed by atoms with E-state index in [1.807, 2.05) is 18.2 Å². The fourth-order valence-corrected chi connectivity index (χ4v) is 4.16. The van der Waals surface area contributed by atoms with Crippen LogP contribution in [0.1, 0.15) is 22.6 Å². The Kier molecular flexibility index (Phi) is 6.48. The van der Waals surface area contributed by atoms with Crippen molar-refractivity contribution in [2.24, 2.45) is 0 Å². The first-order valence-corrected chi connectivity index (χ1v) is 10.9. The van der Waals surface area contributed by atoms with Crippen LogP contribution in [-0.2, 0) is 18.1 Å². The number of benzene rings is 2. The molecular formula is C23H17BrF3N5O3. The minimum absolute atomic E-state index is 0.103. The van der Waals surface area contributed by atoms with Crippen LogP contribution in [0.4, 0.5) is 23.7 Å². The van der Waals surface area contributed by atoms with Gasteiger partial charge in [0, 0.05) is 6.42 Å². The van der Waals surface area contributed by atoms with Gasteiger partial charge in [-0.2, -0.15) is 13.2 Å². The first-order chi connectivity index (χ1) is 16.6. The number of nitrogens with two attached hydrogens (primary N) is 1. The van der Waals surface area contributed by atoms with E-state index in [1.54, 1.807) is 42.5 Å². The van der Waals surface area contributed by atoms with Gasteiger partial charge in [0.2, 0.25) is 5.89 Å². The summed E-state index contributed by atoms with van der Waals surface area (Å²) in [6, 6.07) is 18.4. The highest BCUT2D eigenvalue weighted by Crippen LogP contribution is 2.39. The monoisotopic (exact) mass is 547 g/mol. The molecule has 0 saturated carbocycles. The second kappa shape index (κ2) is 9.37. The maximum absolute atomic E-state index is 13.2. The van der Waals surface area contributed by atoms with E-state index >= 15 is 0 Å². The summed E-state index contributed by atoms with van der Waals surface area (Å²) < 4.78 is 44.9. The third kappa shape index (κ3) is 4.97. The van der Waals surface area contributed by atoms with Gasteiger partial charge < -0.3 is 20.6 Å². The van der Waals surface area contributed by atoms with Crippen LogP contribution in [0.15, 0.2) is 75.8 Å². The smallest absolute Gasteiger partial charge is 0.419 e. The average Bonchev–Trinajstić information content (AvgIpc) is 3.31. The van der Waals surface area contributed by atoms with Gasteiger partial charge in [-0.3, -0.25) is 0 Å². The van der Waals surface area contributed by atoms with Gasteiger partial charge in [0.25, 0.3) is 5.89 Å². The highest BCUT2D eigenvalue weighted by atomic mass is 79.9. The van der Waals surface area contributed by atoms with Crippen molar-refractivity contribution in [1.29, 1.82) is 0 Å². The largest absolute Gasteiger partial charge is 0.465 e. The number of amides is 1. The number of alkyl halides is 3. The molecule has 0 radical (unpaired) electrons. The minimum Gasteiger partial charge on any atom is -0.465 e. The van der Waals surface area contributed by atoms with E-state index in [0.717, 1.165) is 5.56 Å². The summed E-state index contributed by atoms with van der Waals surface area (Å²) >= 11 is 2.81. The number of nitrogens with zero attached hydrogens (tertiary/aromatic N) is 3. The van der Waals surface area contributed by atoms with Crippen LogP contribution in [0.5, 0.6) is 0 Å². The standard InChI is InChI=1S/C23H17BrF3N5O3/c24-18-15(23(25,26)27)11-16(28)17(29-18)19-31-32-20(35-19)22(30-21(33)34,14-9-5-2-6-10-14)12-13-7-3-1-4-8-13/h1-11,30H,12,28H2,(H,33,34). The Balaban J connectivity index is 1.87. The molecule has 0 aliphatic heterocycles. The van der Waals surface area contributed by atoms with E-state index in [4.69, 9.17) is 10.2 Å². The molecule has 0 aliphatic carbocycles. The number of carboxylic acid groups (broad SMARTS) is 1. The van der Waals surface area contributed by atoms with E-state index in [0.29, 0.717) is 11.6 Å². The van der Waals surface area contributed by atoms with Gasteiger partial charge in [0.1, 0.15) is 4.60 Å². The number of anilines is 1. The van der Waals surface area contributed by atoms with Crippen LogP contribution in [0, 0.1) is 0 Å². The Hall–Kier alpha value is -3.93. The lowest BCUT2D eigenvalue weighted by Gasteiger charge is -2.31. The molecule has 1 unspecified atom stereocenters. The third-order valence-corrected chi connectivity index (χ3v) is 5.81. The SMILES string of the molecule is Nc1cc(C(F)(F)F)c(Br)nc1-c1nnc(C(Cc2ccccc2)(NC(=O)O)c2ccccc2)o1. The summed E-state index contributed by atoms with van der Waals surface area (Å²) in [6.45, 7) is 0. The summed E-state index contributed by atoms with van der Waals surface area (Å²) in [4.78, 5) is 15.8. The molecule has 0 fully saturated rings. The van der Waals surface area contributed by atoms with Gasteiger partial charge >= 0.3 is 12.3 Å². The van der Waals surface area contributed by atoms with Crippen molar-refractivity contribution < 1.29 is 27.5 Å². The Bertz CT molecular complexity index is 1350. The zero-order chi connectivity index (χ0) is 25.2. The molecule has 0 bridgehead atoms. The van der Waals surface area contributed by atoms with Crippen LogP contribution in [0.25, 0.3) is 11.6 Å². The van der Waals surface area contributed by atoms with Crippen molar-refractivity contribution in [2.45, 2.75) is 18.1 Å². The van der Waals surface area contributed by atoms with E-state index < -0.39 is 28.0 Å². The topological polar surface area (TPSA) is 127 Å². The molecule has 35 heavy (non-hydrogen) atoms. The van der Waals surface area contributed by atoms with Crippen LogP contribution in [0.3, 0.4) is 0 Å². The van der Waals surface area contributed by atoms with E-state index in [2.05, 4.69) is 36.4 Å². The maximum atomic E-state index is 13.2. The van der Waals surface area contributed by atoms with E-state index in [9.17, 15) is 23.1 Å². The normalized spacial score (nSPS) is 13.3. The van der Waals surface area contributed by atoms with E-state index in [1.165, 1.54) is 0 Å². The molecular weight excluding hydrogens is 531 g/mol. The number of carbonyl (C=O) groups is 1. The molecule has 4 aromatic rings. The molecule has 4 rings (SSSR count). The molecule has 12 heteroatoms. The molecule has 2 heterocycles. The molecule has 1 atom stereocenters. The molecule has 2 aromatic carbocycles. The summed E-state index contributed by atoms with van der Waals surface area (Å²) in [5.74, 6) is -0.408. The first kappa shape index (κ1) is 24.2. The molecule has 0 aliphatic rings. The molecule has 0 spiro atoms. The lowest BCUT2D eigenvalue weighted by molar-refractivity contribution is -0.138. The zero-order valence-electron chi connectivity index (χ0n) is 17.8. The summed E-state index contributed by atoms with van der Waals surface area (Å²) in [5, 5.41) is 20.2. The van der Waals surface area contributed by atoms with Gasteiger partial charge in [-0.1, -0.05) is 60.7 Å². The molecule has 0 saturated heterocycles. The molecule has 180 valence electrons. The summed E-state index contributed by atoms with van der Waals surface area (Å²) in [6.07, 6.45) is -5.92. The number of hydrogen-bond donors (Lipinski definition) is 3. The Morgan fingerprint density at radius 3 is 2.29 bits per heavy atom. The fraction of sp³-hybridized carbons (Fsp3) is 0.130. The van der Waals surface area contributed by atoms with Crippen LogP contribution in [0.2, 0.25) is 0 Å². The quantitative estimate of drug-likeness (QED) is 0.281. The van der Waals surface area contributed by atoms with Crippen LogP contribution >= 0.6 is 15.9 Å². The number of nitrogen functional groups attached to an aromatic ring is 1. The van der Waals surface area contributed by atoms with Crippen molar-refractivity contribution in [1.82, 2.24) is 20.5 Å². The van der Waals surface area contributed by atoms with Gasteiger partial charge in [-0.05, 0) is 33.1 Å². The number of hydrogen-bond acceptors (Lipinski definition) is 6. The van der Waals surface area contributed by atoms with Crippen molar-refractivity contribution >= 4 is 27.7 Å². The molecule has 2 aromatic heterocycles. The number of rotatable bonds is 6. The minimum atomic E-state index is -4.68. The van der Waals surface area contributed by atoms with E-state index in [-0.39, 0.29) is 29.6 Å². The second-order valence-electron chi connectivity index (χ2n) is 7.54. The number of halogens is 4. The molecule has 4 N–H and O–H groups in total. The molecule has 1 amide bonds. The average molecular weight is 548 g/mol. The van der Waals surface area contributed by atoms with Gasteiger partial charge in [-0.25, -0.2) is 9.78 Å². The summed E-state index contributed by atoms with van der Waals surface area (Å²) in [7, 11) is 0. The van der Waals surface area contributed by atoms with Crippen molar-refractivity contribution in [3.63, 3.8) is 0 Å². The van der Waals surface area contributed by atoms with Crippen molar-refractivity contribution in [3.8, 4) is 11.6 Å². The fourth-order valence-electron chi connectivity index (χ4n) is 3.65. The Morgan fingerprint density at radius 2 is 1.69 bits per heavy atom. The first-order valence-electron chi connectivity index (χ1n) is 10.1. The lowest BCUT2D eigenvalue weighted by Crippen LogP contribution is -2.48. The lowest BCUT2D eigenvalue weighted by atomic mass is 9.83. The van der Waals surface area contributed by atoms with Gasteiger partial charge in [0.15, 0.2) is 11.2 Å². The Morgan fingerprint density at radius 1 is 1.06 bits per heavy atom. The third-order valence-electron chi connectivity index (χ3n) is 5.20. The number of nitrogens with one attached hydrogen (secondary N) is 1. The predicted molar refractivity (Wildman–Crippen MR) is 123 cm³/mol. The zero-order valence-corrected chi connectivity index (χ0v) is 19.3. The number of aromatic nitrogens is 3. The van der Waals surface area contributed by atoms with Crippen molar-refractivity contribution in [2.75, 3.05) is 5.73 Å². The van der Waals surface area contributed by atoms with Crippen LogP contribution in [-0.4, -0.2) is 26.4 Å².